The molecule has 0 bridgehead atoms. The monoisotopic (exact) mass is 914 g/mol. The molecule has 0 heterocycles. The summed E-state index contributed by atoms with van der Waals surface area (Å²) in [7, 11) is 0. The smallest absolute Gasteiger partial charge is 0.339 e. The first-order valence-corrected chi connectivity index (χ1v) is 14.8. The molecule has 0 fully saturated rings. The van der Waals surface area contributed by atoms with Gasteiger partial charge in [0.15, 0.2) is 0 Å². The Kier molecular flexibility index (Phi) is 19.5. The maximum absolute atomic E-state index is 10.4. The van der Waals surface area contributed by atoms with Crippen molar-refractivity contribution in [1.82, 2.24) is 0 Å². The molecule has 0 saturated carbocycles. The van der Waals surface area contributed by atoms with E-state index in [1.165, 1.54) is 24.3 Å². The molecule has 0 aliphatic heterocycles. The second kappa shape index (κ2) is 20.7. The fraction of sp³-hybridized carbons (Fsp3) is 0. The average molecular weight is 919 g/mol. The SMILES string of the molecule is O=C(O)c1cc(Cl)cc(Cl)c1O.O=C(O)c1cc(Cl)cc(Cl)c1O.O=C(O)c1cc(Cl)cc(Cl)c1O.O=C(O)c1cc(Cl)cc(Cl)c1O.[Zr]. The molecule has 0 aliphatic carbocycles. The summed E-state index contributed by atoms with van der Waals surface area (Å²) in [5.74, 6) is -6.92. The number of carbonyl (C=O) groups is 4. The van der Waals surface area contributed by atoms with Crippen molar-refractivity contribution in [2.24, 2.45) is 0 Å². The summed E-state index contributed by atoms with van der Waals surface area (Å²) in [5, 5.41) is 71.1. The van der Waals surface area contributed by atoms with Crippen molar-refractivity contribution in [3.05, 3.63) is 111 Å². The van der Waals surface area contributed by atoms with E-state index in [4.69, 9.17) is 134 Å². The van der Waals surface area contributed by atoms with E-state index in [1.54, 1.807) is 0 Å². The van der Waals surface area contributed by atoms with Crippen LogP contribution in [-0.2, 0) is 26.2 Å². The largest absolute Gasteiger partial charge is 0.505 e. The Morgan fingerprint density at radius 1 is 0.347 bits per heavy atom. The van der Waals surface area contributed by atoms with Crippen LogP contribution in [0.4, 0.5) is 0 Å². The van der Waals surface area contributed by atoms with Crippen molar-refractivity contribution >= 4 is 117 Å². The molecule has 0 aromatic heterocycles. The maximum atomic E-state index is 10.4. The van der Waals surface area contributed by atoms with Crippen molar-refractivity contribution in [3.8, 4) is 23.0 Å². The standard InChI is InChI=1S/4C7H4Cl2O3.Zr/c4*8-3-1-4(7(11)12)6(10)5(9)2-3;/h4*1-2,10H,(H,11,12);. The van der Waals surface area contributed by atoms with Crippen LogP contribution in [-0.4, -0.2) is 64.7 Å². The Labute approximate surface area is 334 Å². The van der Waals surface area contributed by atoms with Crippen LogP contribution in [0, 0.1) is 0 Å². The van der Waals surface area contributed by atoms with E-state index < -0.39 is 46.9 Å². The first-order valence-electron chi connectivity index (χ1n) is 11.7. The third kappa shape index (κ3) is 14.1. The molecule has 0 amide bonds. The number of carboxylic acid groups (broad SMARTS) is 4. The minimum Gasteiger partial charge on any atom is -0.505 e. The number of aromatic hydroxyl groups is 4. The van der Waals surface area contributed by atoms with Crippen molar-refractivity contribution < 1.29 is 86.2 Å². The predicted molar refractivity (Wildman–Crippen MR) is 180 cm³/mol. The van der Waals surface area contributed by atoms with Gasteiger partial charge in [0.2, 0.25) is 0 Å². The fourth-order valence-corrected chi connectivity index (χ4v) is 4.89. The van der Waals surface area contributed by atoms with Crippen LogP contribution in [0.2, 0.25) is 40.2 Å². The van der Waals surface area contributed by atoms with Gasteiger partial charge >= 0.3 is 23.9 Å². The third-order valence-corrected chi connectivity index (χ3v) is 7.06. The number of phenols is 4. The summed E-state index contributed by atoms with van der Waals surface area (Å²) in [6.07, 6.45) is 0. The van der Waals surface area contributed by atoms with Crippen LogP contribution >= 0.6 is 92.8 Å². The van der Waals surface area contributed by atoms with Gasteiger partial charge in [0.25, 0.3) is 0 Å². The first-order chi connectivity index (χ1) is 22.1. The van der Waals surface area contributed by atoms with E-state index >= 15 is 0 Å². The molecule has 4 rings (SSSR count). The van der Waals surface area contributed by atoms with Gasteiger partial charge in [0, 0.05) is 46.3 Å². The van der Waals surface area contributed by atoms with Gasteiger partial charge in [-0.15, -0.1) is 0 Å². The van der Waals surface area contributed by atoms with E-state index in [0.717, 1.165) is 24.3 Å². The van der Waals surface area contributed by atoms with Gasteiger partial charge in [-0.05, 0) is 48.5 Å². The van der Waals surface area contributed by atoms with Crippen molar-refractivity contribution in [1.29, 1.82) is 0 Å². The number of benzene rings is 4. The van der Waals surface area contributed by atoms with Gasteiger partial charge in [-0.2, -0.15) is 0 Å². The molecule has 260 valence electrons. The molecule has 0 unspecified atom stereocenters. The van der Waals surface area contributed by atoms with Gasteiger partial charge in [-0.3, -0.25) is 0 Å². The van der Waals surface area contributed by atoms with E-state index in [0.29, 0.717) is 0 Å². The topological polar surface area (TPSA) is 230 Å². The van der Waals surface area contributed by atoms with E-state index in [2.05, 4.69) is 0 Å². The summed E-state index contributed by atoms with van der Waals surface area (Å²) in [4.78, 5) is 41.8. The molecule has 8 N–H and O–H groups in total. The molecule has 0 saturated heterocycles. The van der Waals surface area contributed by atoms with Crippen LogP contribution in [0.1, 0.15) is 41.4 Å². The Bertz CT molecular complexity index is 1620. The summed E-state index contributed by atoms with van der Waals surface area (Å²) in [5.41, 5.74) is -1.19. The van der Waals surface area contributed by atoms with Crippen molar-refractivity contribution in [2.75, 3.05) is 0 Å². The van der Waals surface area contributed by atoms with Crippen molar-refractivity contribution in [3.63, 3.8) is 0 Å². The van der Waals surface area contributed by atoms with Gasteiger partial charge in [0.1, 0.15) is 45.3 Å². The number of halogens is 8. The molecule has 4 aromatic carbocycles. The number of hydrogen-bond donors (Lipinski definition) is 8. The zero-order valence-corrected chi connectivity index (χ0v) is 31.9. The van der Waals surface area contributed by atoms with Gasteiger partial charge < -0.3 is 40.9 Å². The number of carboxylic acids is 4. The Morgan fingerprint density at radius 3 is 0.612 bits per heavy atom. The number of rotatable bonds is 4. The summed E-state index contributed by atoms with van der Waals surface area (Å²) in [6.45, 7) is 0. The van der Waals surface area contributed by atoms with E-state index in [-0.39, 0.29) is 88.6 Å². The predicted octanol–water partition coefficient (Wildman–Crippen LogP) is 9.59. The Hall–Kier alpha value is -2.84. The van der Waals surface area contributed by atoms with Gasteiger partial charge in [-0.1, -0.05) is 92.8 Å². The van der Waals surface area contributed by atoms with Crippen LogP contribution < -0.4 is 0 Å². The molecule has 49 heavy (non-hydrogen) atoms. The quantitative estimate of drug-likeness (QED) is 0.0957. The average Bonchev–Trinajstić information content (AvgIpc) is 2.97. The van der Waals surface area contributed by atoms with E-state index in [1.807, 2.05) is 0 Å². The normalized spacial score (nSPS) is 9.63. The molecule has 0 aliphatic rings. The fourth-order valence-electron chi connectivity index (χ4n) is 2.92. The molecule has 0 radical (unpaired) electrons. The Morgan fingerprint density at radius 2 is 0.490 bits per heavy atom. The van der Waals surface area contributed by atoms with Crippen LogP contribution in [0.5, 0.6) is 23.0 Å². The number of hydrogen-bond acceptors (Lipinski definition) is 8. The summed E-state index contributed by atoms with van der Waals surface area (Å²) in [6, 6.07) is 9.60. The second-order valence-corrected chi connectivity index (χ2v) is 11.7. The first kappa shape index (κ1) is 46.2. The molecule has 0 atom stereocenters. The summed E-state index contributed by atoms with van der Waals surface area (Å²) >= 11 is 43.9. The Balaban J connectivity index is 0.000000623. The van der Waals surface area contributed by atoms with Crippen molar-refractivity contribution in [2.45, 2.75) is 0 Å². The molecular weight excluding hydrogens is 903 g/mol. The zero-order chi connectivity index (χ0) is 37.2. The van der Waals surface area contributed by atoms with Crippen LogP contribution in [0.15, 0.2) is 48.5 Å². The molecule has 21 heteroatoms. The van der Waals surface area contributed by atoms with E-state index in [9.17, 15) is 19.2 Å². The molecular formula is C28H16Cl8O12Zr. The minimum absolute atomic E-state index is 0. The minimum atomic E-state index is -1.27. The maximum Gasteiger partial charge on any atom is 0.339 e. The zero-order valence-electron chi connectivity index (χ0n) is 23.4. The molecule has 12 nitrogen and oxygen atoms in total. The molecule has 0 spiro atoms. The summed E-state index contributed by atoms with van der Waals surface area (Å²) < 4.78 is 0. The van der Waals surface area contributed by atoms with Crippen LogP contribution in [0.3, 0.4) is 0 Å². The number of aromatic carboxylic acids is 4. The molecule has 4 aromatic rings. The van der Waals surface area contributed by atoms with Gasteiger partial charge in [0.05, 0.1) is 20.1 Å². The third-order valence-electron chi connectivity index (χ3n) is 5.03. The van der Waals surface area contributed by atoms with Gasteiger partial charge in [-0.25, -0.2) is 19.2 Å². The second-order valence-electron chi connectivity index (χ2n) is 8.36. The van der Waals surface area contributed by atoms with Crippen LogP contribution in [0.25, 0.3) is 0 Å².